The van der Waals surface area contributed by atoms with E-state index in [2.05, 4.69) is 10.3 Å². The Labute approximate surface area is 131 Å². The lowest BCUT2D eigenvalue weighted by Crippen LogP contribution is -2.10. The Morgan fingerprint density at radius 1 is 1.17 bits per heavy atom. The van der Waals surface area contributed by atoms with Crippen LogP contribution >= 0.6 is 0 Å². The second-order valence-corrected chi connectivity index (χ2v) is 5.12. The second kappa shape index (κ2) is 6.64. The lowest BCUT2D eigenvalue weighted by atomic mass is 10.1. The Bertz CT molecular complexity index is 731. The predicted molar refractivity (Wildman–Crippen MR) is 82.8 cm³/mol. The van der Waals surface area contributed by atoms with Gasteiger partial charge in [-0.3, -0.25) is 4.79 Å². The first-order valence-electron chi connectivity index (χ1n) is 6.86. The molecule has 0 unspecified atom stereocenters. The molecule has 1 heterocycles. The number of aromatic nitrogens is 1. The molecule has 120 valence electrons. The van der Waals surface area contributed by atoms with Crippen LogP contribution in [0.2, 0.25) is 0 Å². The fourth-order valence-electron chi connectivity index (χ4n) is 2.06. The maximum atomic E-state index is 12.6. The molecule has 6 heteroatoms. The van der Waals surface area contributed by atoms with Crippen molar-refractivity contribution >= 4 is 17.8 Å². The standard InChI is InChI=1S/C17H15F3N2O/c1-11-8-12(2)21-15(9-11)22-16(23)7-6-13-4-3-5-14(10-13)17(18,19)20/h3-10H,1-2H3,(H,21,22,23)/b7-6+. The number of nitrogens with zero attached hydrogens (tertiary/aromatic N) is 1. The minimum Gasteiger partial charge on any atom is -0.307 e. The van der Waals surface area contributed by atoms with Gasteiger partial charge in [0.25, 0.3) is 0 Å². The molecule has 0 saturated carbocycles. The minimum absolute atomic E-state index is 0.295. The number of nitrogens with one attached hydrogen (secondary N) is 1. The molecule has 0 saturated heterocycles. The van der Waals surface area contributed by atoms with Crippen molar-refractivity contribution in [1.29, 1.82) is 0 Å². The largest absolute Gasteiger partial charge is 0.416 e. The van der Waals surface area contributed by atoms with E-state index in [-0.39, 0.29) is 0 Å². The number of benzene rings is 1. The van der Waals surface area contributed by atoms with Gasteiger partial charge < -0.3 is 5.32 Å². The molecular formula is C17H15F3N2O. The van der Waals surface area contributed by atoms with Crippen LogP contribution in [0.15, 0.2) is 42.5 Å². The third kappa shape index (κ3) is 4.95. The summed E-state index contributed by atoms with van der Waals surface area (Å²) in [6.07, 6.45) is -1.91. The zero-order chi connectivity index (χ0) is 17.0. The van der Waals surface area contributed by atoms with E-state index in [1.165, 1.54) is 24.3 Å². The summed E-state index contributed by atoms with van der Waals surface area (Å²) < 4.78 is 37.9. The van der Waals surface area contributed by atoms with Gasteiger partial charge >= 0.3 is 6.18 Å². The molecule has 0 fully saturated rings. The maximum absolute atomic E-state index is 12.6. The van der Waals surface area contributed by atoms with Gasteiger partial charge in [0.15, 0.2) is 0 Å². The van der Waals surface area contributed by atoms with Gasteiger partial charge in [0.2, 0.25) is 5.91 Å². The monoisotopic (exact) mass is 320 g/mol. The normalized spacial score (nSPS) is 11.7. The first-order valence-corrected chi connectivity index (χ1v) is 6.86. The fourth-order valence-corrected chi connectivity index (χ4v) is 2.06. The van der Waals surface area contributed by atoms with Gasteiger partial charge in [-0.05, 0) is 55.3 Å². The summed E-state index contributed by atoms with van der Waals surface area (Å²) in [5.74, 6) is -0.0545. The van der Waals surface area contributed by atoms with E-state index in [1.807, 2.05) is 13.0 Å². The van der Waals surface area contributed by atoms with Crippen LogP contribution in [0.3, 0.4) is 0 Å². The van der Waals surface area contributed by atoms with Crippen molar-refractivity contribution in [2.24, 2.45) is 0 Å². The summed E-state index contributed by atoms with van der Waals surface area (Å²) in [6, 6.07) is 8.34. The smallest absolute Gasteiger partial charge is 0.307 e. The molecule has 1 amide bonds. The van der Waals surface area contributed by atoms with Gasteiger partial charge in [-0.25, -0.2) is 4.98 Å². The van der Waals surface area contributed by atoms with Crippen molar-refractivity contribution < 1.29 is 18.0 Å². The Hall–Kier alpha value is -2.63. The van der Waals surface area contributed by atoms with Crippen LogP contribution in [0, 0.1) is 13.8 Å². The summed E-state index contributed by atoms with van der Waals surface area (Å²) in [6.45, 7) is 3.68. The fraction of sp³-hybridized carbons (Fsp3) is 0.176. The number of pyridine rings is 1. The van der Waals surface area contributed by atoms with Crippen molar-refractivity contribution in [2.45, 2.75) is 20.0 Å². The summed E-state index contributed by atoms with van der Waals surface area (Å²) in [5.41, 5.74) is 1.26. The highest BCUT2D eigenvalue weighted by Crippen LogP contribution is 2.29. The van der Waals surface area contributed by atoms with Crippen LogP contribution in [0.4, 0.5) is 19.0 Å². The number of halogens is 3. The van der Waals surface area contributed by atoms with E-state index in [0.717, 1.165) is 23.4 Å². The minimum atomic E-state index is -4.41. The summed E-state index contributed by atoms with van der Waals surface area (Å²) in [4.78, 5) is 16.0. The SMILES string of the molecule is Cc1cc(C)nc(NC(=O)/C=C/c2cccc(C(F)(F)F)c2)c1. The lowest BCUT2D eigenvalue weighted by Gasteiger charge is -2.06. The van der Waals surface area contributed by atoms with E-state index in [4.69, 9.17) is 0 Å². The molecule has 23 heavy (non-hydrogen) atoms. The number of hydrogen-bond acceptors (Lipinski definition) is 2. The summed E-state index contributed by atoms with van der Waals surface area (Å²) in [5, 5.41) is 2.58. The van der Waals surface area contributed by atoms with Crippen LogP contribution < -0.4 is 5.32 Å². The molecule has 2 aromatic rings. The van der Waals surface area contributed by atoms with E-state index in [0.29, 0.717) is 11.4 Å². The number of rotatable bonds is 3. The zero-order valence-corrected chi connectivity index (χ0v) is 12.6. The van der Waals surface area contributed by atoms with Gasteiger partial charge in [-0.2, -0.15) is 13.2 Å². The third-order valence-electron chi connectivity index (χ3n) is 2.99. The third-order valence-corrected chi connectivity index (χ3v) is 2.99. The maximum Gasteiger partial charge on any atom is 0.416 e. The number of amides is 1. The Balaban J connectivity index is 2.09. The van der Waals surface area contributed by atoms with Crippen LogP contribution in [-0.2, 0) is 11.0 Å². The Morgan fingerprint density at radius 2 is 1.91 bits per heavy atom. The molecule has 1 aromatic carbocycles. The topological polar surface area (TPSA) is 42.0 Å². The molecule has 0 spiro atoms. The highest BCUT2D eigenvalue weighted by molar-refractivity contribution is 6.01. The molecule has 0 aliphatic heterocycles. The zero-order valence-electron chi connectivity index (χ0n) is 12.6. The van der Waals surface area contributed by atoms with Crippen molar-refractivity contribution in [3.05, 3.63) is 64.9 Å². The van der Waals surface area contributed by atoms with Gasteiger partial charge in [0.05, 0.1) is 5.56 Å². The summed E-state index contributed by atoms with van der Waals surface area (Å²) in [7, 11) is 0. The van der Waals surface area contributed by atoms with Crippen molar-refractivity contribution in [1.82, 2.24) is 4.98 Å². The second-order valence-electron chi connectivity index (χ2n) is 5.12. The number of alkyl halides is 3. The average Bonchev–Trinajstić information content (AvgIpc) is 2.43. The molecule has 0 aliphatic rings. The number of hydrogen-bond donors (Lipinski definition) is 1. The summed E-state index contributed by atoms with van der Waals surface area (Å²) >= 11 is 0. The molecular weight excluding hydrogens is 305 g/mol. The molecule has 0 atom stereocenters. The highest BCUT2D eigenvalue weighted by Gasteiger charge is 2.30. The van der Waals surface area contributed by atoms with Crippen LogP contribution in [-0.4, -0.2) is 10.9 Å². The van der Waals surface area contributed by atoms with E-state index < -0.39 is 17.6 Å². The first kappa shape index (κ1) is 16.7. The predicted octanol–water partition coefficient (Wildman–Crippen LogP) is 4.37. The quantitative estimate of drug-likeness (QED) is 0.853. The molecule has 3 nitrogen and oxygen atoms in total. The van der Waals surface area contributed by atoms with E-state index in [1.54, 1.807) is 13.0 Å². The van der Waals surface area contributed by atoms with Gasteiger partial charge in [0, 0.05) is 11.8 Å². The number of carbonyl (C=O) groups is 1. The lowest BCUT2D eigenvalue weighted by molar-refractivity contribution is -0.137. The van der Waals surface area contributed by atoms with E-state index in [9.17, 15) is 18.0 Å². The Kier molecular flexibility index (Phi) is 4.83. The average molecular weight is 320 g/mol. The van der Waals surface area contributed by atoms with Gasteiger partial charge in [-0.1, -0.05) is 12.1 Å². The molecule has 1 N–H and O–H groups in total. The first-order chi connectivity index (χ1) is 10.7. The molecule has 0 radical (unpaired) electrons. The molecule has 0 aliphatic carbocycles. The van der Waals surface area contributed by atoms with Gasteiger partial charge in [-0.15, -0.1) is 0 Å². The van der Waals surface area contributed by atoms with Crippen LogP contribution in [0.1, 0.15) is 22.4 Å². The van der Waals surface area contributed by atoms with Crippen molar-refractivity contribution in [2.75, 3.05) is 5.32 Å². The molecule has 2 rings (SSSR count). The van der Waals surface area contributed by atoms with Crippen LogP contribution in [0.5, 0.6) is 0 Å². The van der Waals surface area contributed by atoms with Crippen LogP contribution in [0.25, 0.3) is 6.08 Å². The molecule has 0 bridgehead atoms. The van der Waals surface area contributed by atoms with Gasteiger partial charge in [0.1, 0.15) is 5.82 Å². The van der Waals surface area contributed by atoms with Crippen molar-refractivity contribution in [3.8, 4) is 0 Å². The number of aryl methyl sites for hydroxylation is 2. The van der Waals surface area contributed by atoms with Crippen molar-refractivity contribution in [3.63, 3.8) is 0 Å². The van der Waals surface area contributed by atoms with E-state index >= 15 is 0 Å². The number of anilines is 1. The number of carbonyl (C=O) groups excluding carboxylic acids is 1. The highest BCUT2D eigenvalue weighted by atomic mass is 19.4. The molecule has 1 aromatic heterocycles. The Morgan fingerprint density at radius 3 is 2.57 bits per heavy atom.